The number of esters is 1. The smallest absolute Gasteiger partial charge is 0.331 e. The van der Waals surface area contributed by atoms with Crippen LogP contribution in [-0.2, 0) is 14.3 Å². The minimum atomic E-state index is -1.25. The Labute approximate surface area is 160 Å². The summed E-state index contributed by atoms with van der Waals surface area (Å²) in [4.78, 5) is 52.9. The molecule has 3 amide bonds. The van der Waals surface area contributed by atoms with Gasteiger partial charge in [0, 0.05) is 5.69 Å². The van der Waals surface area contributed by atoms with Gasteiger partial charge in [-0.15, -0.1) is 0 Å². The lowest BCUT2D eigenvalue weighted by molar-refractivity contribution is -0.151. The third-order valence-electron chi connectivity index (χ3n) is 4.96. The highest BCUT2D eigenvalue weighted by Gasteiger charge is 2.60. The molecule has 1 saturated heterocycles. The SMILES string of the molecule is COC(=O)[C@@H]1[C@H](N2C(=O)c3ccccc3C2=O)C(=O)N1c1ccc(OC)cc1. The molecule has 2 atom stereocenters. The predicted molar refractivity (Wildman–Crippen MR) is 97.0 cm³/mol. The summed E-state index contributed by atoms with van der Waals surface area (Å²) in [5.74, 6) is -1.85. The molecule has 2 aromatic rings. The van der Waals surface area contributed by atoms with E-state index in [1.165, 1.54) is 31.3 Å². The van der Waals surface area contributed by atoms with Gasteiger partial charge in [-0.25, -0.2) is 4.79 Å². The third-order valence-corrected chi connectivity index (χ3v) is 4.96. The second kappa shape index (κ2) is 6.49. The largest absolute Gasteiger partial charge is 0.497 e. The zero-order valence-corrected chi connectivity index (χ0v) is 15.1. The number of hydrogen-bond donors (Lipinski definition) is 0. The van der Waals surface area contributed by atoms with Gasteiger partial charge in [-0.3, -0.25) is 24.2 Å². The van der Waals surface area contributed by atoms with Crippen molar-refractivity contribution in [3.05, 3.63) is 59.7 Å². The summed E-state index contributed by atoms with van der Waals surface area (Å²) >= 11 is 0. The molecule has 0 spiro atoms. The van der Waals surface area contributed by atoms with E-state index < -0.39 is 35.8 Å². The highest BCUT2D eigenvalue weighted by molar-refractivity contribution is 6.26. The molecule has 2 aliphatic heterocycles. The van der Waals surface area contributed by atoms with Crippen LogP contribution in [0.1, 0.15) is 20.7 Å². The van der Waals surface area contributed by atoms with Gasteiger partial charge in [-0.2, -0.15) is 0 Å². The molecule has 8 heteroatoms. The van der Waals surface area contributed by atoms with Gasteiger partial charge >= 0.3 is 5.97 Å². The second-order valence-electron chi connectivity index (χ2n) is 6.34. The van der Waals surface area contributed by atoms with Crippen LogP contribution in [0.4, 0.5) is 5.69 Å². The van der Waals surface area contributed by atoms with Crippen molar-refractivity contribution >= 4 is 29.4 Å². The topological polar surface area (TPSA) is 93.2 Å². The molecule has 2 aliphatic rings. The van der Waals surface area contributed by atoms with Gasteiger partial charge in [0.25, 0.3) is 17.7 Å². The molecule has 0 bridgehead atoms. The minimum absolute atomic E-state index is 0.215. The van der Waals surface area contributed by atoms with Gasteiger partial charge in [0.2, 0.25) is 0 Å². The fourth-order valence-electron chi connectivity index (χ4n) is 3.57. The van der Waals surface area contributed by atoms with E-state index in [1.807, 2.05) is 0 Å². The lowest BCUT2D eigenvalue weighted by Crippen LogP contribution is -2.74. The number of hydrogen-bond acceptors (Lipinski definition) is 6. The van der Waals surface area contributed by atoms with Gasteiger partial charge < -0.3 is 9.47 Å². The quantitative estimate of drug-likeness (QED) is 0.450. The second-order valence-corrected chi connectivity index (χ2v) is 6.34. The van der Waals surface area contributed by atoms with Crippen molar-refractivity contribution in [3.63, 3.8) is 0 Å². The molecule has 0 saturated carbocycles. The van der Waals surface area contributed by atoms with Crippen LogP contribution >= 0.6 is 0 Å². The van der Waals surface area contributed by atoms with Crippen LogP contribution in [0.15, 0.2) is 48.5 Å². The number of methoxy groups -OCH3 is 2. The molecule has 0 N–H and O–H groups in total. The van der Waals surface area contributed by atoms with Gasteiger partial charge in [0.1, 0.15) is 5.75 Å². The average molecular weight is 380 g/mol. The highest BCUT2D eigenvalue weighted by Crippen LogP contribution is 2.36. The van der Waals surface area contributed by atoms with Crippen LogP contribution in [0.5, 0.6) is 5.75 Å². The maximum atomic E-state index is 12.9. The Bertz CT molecular complexity index is 965. The van der Waals surface area contributed by atoms with E-state index in [0.717, 1.165) is 4.90 Å². The summed E-state index contributed by atoms with van der Waals surface area (Å²) in [5, 5.41) is 0. The first kappa shape index (κ1) is 17.7. The molecule has 8 nitrogen and oxygen atoms in total. The monoisotopic (exact) mass is 380 g/mol. The molecule has 2 heterocycles. The summed E-state index contributed by atoms with van der Waals surface area (Å²) in [6.07, 6.45) is 0. The number of nitrogens with zero attached hydrogens (tertiary/aromatic N) is 2. The average Bonchev–Trinajstić information content (AvgIpc) is 2.97. The maximum absolute atomic E-state index is 12.9. The predicted octanol–water partition coefficient (Wildman–Crippen LogP) is 1.25. The van der Waals surface area contributed by atoms with Crippen LogP contribution in [0, 0.1) is 0 Å². The number of imide groups is 1. The zero-order chi connectivity index (χ0) is 20.0. The zero-order valence-electron chi connectivity index (χ0n) is 15.1. The number of anilines is 1. The van der Waals surface area contributed by atoms with Gasteiger partial charge in [0.05, 0.1) is 25.3 Å². The Morgan fingerprint density at radius 1 is 0.857 bits per heavy atom. The van der Waals surface area contributed by atoms with Gasteiger partial charge in [0.15, 0.2) is 12.1 Å². The van der Waals surface area contributed by atoms with Crippen molar-refractivity contribution < 1.29 is 28.7 Å². The first-order valence-corrected chi connectivity index (χ1v) is 8.51. The number of carbonyl (C=O) groups is 4. The van der Waals surface area contributed by atoms with Crippen LogP contribution in [0.25, 0.3) is 0 Å². The van der Waals surface area contributed by atoms with Gasteiger partial charge in [-0.1, -0.05) is 12.1 Å². The van der Waals surface area contributed by atoms with Crippen LogP contribution in [-0.4, -0.2) is 54.9 Å². The number of rotatable bonds is 4. The minimum Gasteiger partial charge on any atom is -0.497 e. The van der Waals surface area contributed by atoms with E-state index in [4.69, 9.17) is 9.47 Å². The molecule has 142 valence electrons. The summed E-state index contributed by atoms with van der Waals surface area (Å²) in [6, 6.07) is 10.5. The highest BCUT2D eigenvalue weighted by atomic mass is 16.5. The summed E-state index contributed by atoms with van der Waals surface area (Å²) < 4.78 is 9.93. The number of ether oxygens (including phenoxy) is 2. The van der Waals surface area contributed by atoms with Crippen molar-refractivity contribution in [1.82, 2.24) is 4.90 Å². The Balaban J connectivity index is 1.70. The number of β-lactam (4-membered cyclic amide) rings is 1. The van der Waals surface area contributed by atoms with Crippen LogP contribution < -0.4 is 9.64 Å². The number of fused-ring (bicyclic) bond motifs is 1. The molecule has 0 unspecified atom stereocenters. The molecular weight excluding hydrogens is 364 g/mol. The molecule has 0 radical (unpaired) electrons. The van der Waals surface area contributed by atoms with E-state index in [2.05, 4.69) is 0 Å². The van der Waals surface area contributed by atoms with E-state index >= 15 is 0 Å². The molecule has 4 rings (SSSR count). The lowest BCUT2D eigenvalue weighted by atomic mass is 9.92. The third kappa shape index (κ3) is 2.38. The standard InChI is InChI=1S/C20H16N2O6/c1-27-12-9-7-11(8-10-12)21-16(20(26)28-2)15(19(21)25)22-17(23)13-5-3-4-6-14(13)18(22)24/h3-10,15-16H,1-2H3/t15-,16-/m0/s1. The Hall–Kier alpha value is -3.68. The van der Waals surface area contributed by atoms with Crippen molar-refractivity contribution in [2.45, 2.75) is 12.1 Å². The molecule has 28 heavy (non-hydrogen) atoms. The molecule has 2 aromatic carbocycles. The number of carbonyl (C=O) groups excluding carboxylic acids is 4. The first-order valence-electron chi connectivity index (χ1n) is 8.51. The fraction of sp³-hybridized carbons (Fsp3) is 0.200. The van der Waals surface area contributed by atoms with Crippen molar-refractivity contribution in [3.8, 4) is 5.75 Å². The maximum Gasteiger partial charge on any atom is 0.331 e. The van der Waals surface area contributed by atoms with Crippen molar-refractivity contribution in [2.24, 2.45) is 0 Å². The molecular formula is C20H16N2O6. The van der Waals surface area contributed by atoms with Crippen molar-refractivity contribution in [2.75, 3.05) is 19.1 Å². The first-order chi connectivity index (χ1) is 13.5. The van der Waals surface area contributed by atoms with E-state index in [0.29, 0.717) is 11.4 Å². The van der Waals surface area contributed by atoms with E-state index in [9.17, 15) is 19.2 Å². The normalized spacial score (nSPS) is 20.7. The summed E-state index contributed by atoms with van der Waals surface area (Å²) in [6.45, 7) is 0. The molecule has 0 aliphatic carbocycles. The van der Waals surface area contributed by atoms with Crippen LogP contribution in [0.2, 0.25) is 0 Å². The van der Waals surface area contributed by atoms with Crippen LogP contribution in [0.3, 0.4) is 0 Å². The van der Waals surface area contributed by atoms with Crippen molar-refractivity contribution in [1.29, 1.82) is 0 Å². The summed E-state index contributed by atoms with van der Waals surface area (Å²) in [7, 11) is 2.70. The Kier molecular flexibility index (Phi) is 4.11. The van der Waals surface area contributed by atoms with E-state index in [-0.39, 0.29) is 11.1 Å². The number of amides is 3. The van der Waals surface area contributed by atoms with Gasteiger partial charge in [-0.05, 0) is 36.4 Å². The molecule has 1 fully saturated rings. The van der Waals surface area contributed by atoms with E-state index in [1.54, 1.807) is 36.4 Å². The Morgan fingerprint density at radius 2 is 1.43 bits per heavy atom. The summed E-state index contributed by atoms with van der Waals surface area (Å²) in [5.41, 5.74) is 0.868. The number of benzene rings is 2. The molecule has 0 aromatic heterocycles. The lowest BCUT2D eigenvalue weighted by Gasteiger charge is -2.47. The Morgan fingerprint density at radius 3 is 1.93 bits per heavy atom. The fourth-order valence-corrected chi connectivity index (χ4v) is 3.57.